The highest BCUT2D eigenvalue weighted by atomic mass is 32.2. The van der Waals surface area contributed by atoms with E-state index in [-0.39, 0.29) is 4.90 Å². The van der Waals surface area contributed by atoms with E-state index in [9.17, 15) is 8.42 Å². The van der Waals surface area contributed by atoms with Gasteiger partial charge in [-0.25, -0.2) is 0 Å². The number of unbranched alkanes of at least 4 members (excludes halogenated alkanes) is 7. The van der Waals surface area contributed by atoms with Crippen molar-refractivity contribution in [1.29, 1.82) is 0 Å². The van der Waals surface area contributed by atoms with E-state index in [1.165, 1.54) is 82.8 Å². The van der Waals surface area contributed by atoms with Crippen molar-refractivity contribution in [3.05, 3.63) is 30.3 Å². The summed E-state index contributed by atoms with van der Waals surface area (Å²) in [6.07, 6.45) is 14.9. The van der Waals surface area contributed by atoms with Gasteiger partial charge < -0.3 is 5.73 Å². The number of hydrogen-bond donors (Lipinski definition) is 2. The average molecular weight is 372 g/mol. The van der Waals surface area contributed by atoms with Crippen LogP contribution in [0.4, 0.5) is 0 Å². The van der Waals surface area contributed by atoms with Crippen LogP contribution in [0.3, 0.4) is 0 Å². The highest BCUT2D eigenvalue weighted by Gasteiger charge is 2.05. The highest BCUT2D eigenvalue weighted by molar-refractivity contribution is 7.85. The van der Waals surface area contributed by atoms with Crippen LogP contribution >= 0.6 is 0 Å². The smallest absolute Gasteiger partial charge is 0.294 e. The maximum absolute atomic E-state index is 10.4. The molecule has 1 rings (SSSR count). The lowest BCUT2D eigenvalue weighted by Gasteiger charge is -2.09. The molecule has 3 N–H and O–H groups in total. The van der Waals surface area contributed by atoms with Crippen molar-refractivity contribution < 1.29 is 13.0 Å². The third kappa shape index (κ3) is 15.1. The van der Waals surface area contributed by atoms with Crippen molar-refractivity contribution in [2.75, 3.05) is 0 Å². The number of benzene rings is 1. The summed E-state index contributed by atoms with van der Waals surface area (Å²) in [5, 5.41) is 0. The van der Waals surface area contributed by atoms with Crippen LogP contribution in [-0.2, 0) is 10.1 Å². The summed E-state index contributed by atoms with van der Waals surface area (Å²) in [6, 6.07) is 7.89. The largest absolute Gasteiger partial charge is 0.328 e. The van der Waals surface area contributed by atoms with Crippen molar-refractivity contribution in [2.24, 2.45) is 5.73 Å². The summed E-state index contributed by atoms with van der Waals surface area (Å²) in [7, 11) is -4.00. The predicted octanol–water partition coefficient (Wildman–Crippen LogP) is 5.58. The fraction of sp³-hybridized carbons (Fsp3) is 0.700. The number of rotatable bonds is 12. The van der Waals surface area contributed by atoms with Crippen molar-refractivity contribution in [1.82, 2.24) is 0 Å². The molecule has 0 bridgehead atoms. The maximum atomic E-state index is 10.4. The van der Waals surface area contributed by atoms with Gasteiger partial charge >= 0.3 is 0 Å². The van der Waals surface area contributed by atoms with E-state index in [0.717, 1.165) is 0 Å². The Morgan fingerprint density at radius 3 is 1.80 bits per heavy atom. The fourth-order valence-electron chi connectivity index (χ4n) is 2.65. The zero-order valence-corrected chi connectivity index (χ0v) is 16.8. The normalized spacial score (nSPS) is 12.3. The highest BCUT2D eigenvalue weighted by Crippen LogP contribution is 2.11. The van der Waals surface area contributed by atoms with Gasteiger partial charge in [-0.1, -0.05) is 89.8 Å². The Bertz CT molecular complexity index is 503. The van der Waals surface area contributed by atoms with Gasteiger partial charge in [0.05, 0.1) is 4.90 Å². The molecular formula is C20H37NO3S. The average Bonchev–Trinajstić information content (AvgIpc) is 2.58. The van der Waals surface area contributed by atoms with Gasteiger partial charge in [-0.2, -0.15) is 8.42 Å². The van der Waals surface area contributed by atoms with Gasteiger partial charge in [-0.05, 0) is 25.0 Å². The molecule has 1 unspecified atom stereocenters. The Morgan fingerprint density at radius 2 is 1.36 bits per heavy atom. The lowest BCUT2D eigenvalue weighted by atomic mass is 10.0. The molecule has 0 aliphatic rings. The first-order chi connectivity index (χ1) is 11.9. The van der Waals surface area contributed by atoms with Gasteiger partial charge in [0.1, 0.15) is 0 Å². The topological polar surface area (TPSA) is 80.4 Å². The molecule has 5 heteroatoms. The molecule has 1 atom stereocenters. The first-order valence-corrected chi connectivity index (χ1v) is 11.1. The van der Waals surface area contributed by atoms with E-state index in [1.54, 1.807) is 18.2 Å². The minimum absolute atomic E-state index is 0.0741. The summed E-state index contributed by atoms with van der Waals surface area (Å²) in [5.74, 6) is 0. The SMILES string of the molecule is CCCCCCCCCCC(N)CCC.O=S(=O)(O)c1ccccc1. The van der Waals surface area contributed by atoms with E-state index in [2.05, 4.69) is 13.8 Å². The van der Waals surface area contributed by atoms with Gasteiger partial charge in [-0.15, -0.1) is 0 Å². The molecule has 0 aliphatic heterocycles. The predicted molar refractivity (Wildman–Crippen MR) is 106 cm³/mol. The van der Waals surface area contributed by atoms with Crippen LogP contribution in [0.1, 0.15) is 84.5 Å². The first kappa shape index (κ1) is 24.1. The van der Waals surface area contributed by atoms with Crippen LogP contribution < -0.4 is 5.73 Å². The Morgan fingerprint density at radius 1 is 0.840 bits per heavy atom. The molecule has 0 aliphatic carbocycles. The Kier molecular flexibility index (Phi) is 14.8. The van der Waals surface area contributed by atoms with Gasteiger partial charge in [0.15, 0.2) is 0 Å². The lowest BCUT2D eigenvalue weighted by Crippen LogP contribution is -2.18. The van der Waals surface area contributed by atoms with Gasteiger partial charge in [0, 0.05) is 6.04 Å². The number of nitrogens with two attached hydrogens (primary N) is 1. The third-order valence-corrected chi connectivity index (χ3v) is 5.00. The zero-order valence-electron chi connectivity index (χ0n) is 16.0. The fourth-order valence-corrected chi connectivity index (χ4v) is 3.15. The first-order valence-electron chi connectivity index (χ1n) is 9.69. The van der Waals surface area contributed by atoms with Crippen LogP contribution in [-0.4, -0.2) is 19.0 Å². The van der Waals surface area contributed by atoms with E-state index < -0.39 is 10.1 Å². The van der Waals surface area contributed by atoms with Crippen LogP contribution in [0.5, 0.6) is 0 Å². The van der Waals surface area contributed by atoms with Crippen molar-refractivity contribution in [3.8, 4) is 0 Å². The second-order valence-electron chi connectivity index (χ2n) is 6.60. The summed E-state index contributed by atoms with van der Waals surface area (Å²) in [4.78, 5) is -0.0741. The van der Waals surface area contributed by atoms with Crippen LogP contribution in [0.25, 0.3) is 0 Å². The van der Waals surface area contributed by atoms with E-state index in [1.807, 2.05) is 0 Å². The molecule has 0 amide bonds. The van der Waals surface area contributed by atoms with Crippen LogP contribution in [0, 0.1) is 0 Å². The van der Waals surface area contributed by atoms with E-state index >= 15 is 0 Å². The van der Waals surface area contributed by atoms with Crippen LogP contribution in [0.2, 0.25) is 0 Å². The van der Waals surface area contributed by atoms with Crippen molar-refractivity contribution in [2.45, 2.75) is 95.4 Å². The summed E-state index contributed by atoms with van der Waals surface area (Å²) >= 11 is 0. The summed E-state index contributed by atoms with van der Waals surface area (Å²) < 4.78 is 29.2. The molecule has 25 heavy (non-hydrogen) atoms. The lowest BCUT2D eigenvalue weighted by molar-refractivity contribution is 0.483. The number of hydrogen-bond acceptors (Lipinski definition) is 3. The van der Waals surface area contributed by atoms with Crippen LogP contribution in [0.15, 0.2) is 35.2 Å². The molecule has 0 heterocycles. The molecule has 0 saturated carbocycles. The third-order valence-electron chi connectivity index (χ3n) is 4.13. The van der Waals surface area contributed by atoms with Crippen molar-refractivity contribution >= 4 is 10.1 Å². The second kappa shape index (κ2) is 15.4. The van der Waals surface area contributed by atoms with Gasteiger partial charge in [0.2, 0.25) is 0 Å². The Hall–Kier alpha value is -0.910. The molecular weight excluding hydrogens is 334 g/mol. The standard InChI is InChI=1S/C14H31N.C6H6O3S/c1-3-5-6-7-8-9-10-11-13-14(15)12-4-2;7-10(8,9)6-4-2-1-3-5-6/h14H,3-13,15H2,1-2H3;1-5H,(H,7,8,9). The quantitative estimate of drug-likeness (QED) is 0.371. The maximum Gasteiger partial charge on any atom is 0.294 e. The molecule has 1 aromatic rings. The molecule has 0 fully saturated rings. The minimum atomic E-state index is -4.00. The summed E-state index contributed by atoms with van der Waals surface area (Å²) in [6.45, 7) is 4.49. The molecule has 146 valence electrons. The molecule has 4 nitrogen and oxygen atoms in total. The summed E-state index contributed by atoms with van der Waals surface area (Å²) in [5.41, 5.74) is 5.96. The van der Waals surface area contributed by atoms with Gasteiger partial charge in [0.25, 0.3) is 10.1 Å². The molecule has 0 spiro atoms. The van der Waals surface area contributed by atoms with E-state index in [0.29, 0.717) is 6.04 Å². The molecule has 0 radical (unpaired) electrons. The minimum Gasteiger partial charge on any atom is -0.328 e. The van der Waals surface area contributed by atoms with Crippen molar-refractivity contribution in [3.63, 3.8) is 0 Å². The van der Waals surface area contributed by atoms with E-state index in [4.69, 9.17) is 10.3 Å². The Labute approximate surface area is 155 Å². The molecule has 0 aromatic heterocycles. The molecule has 0 saturated heterocycles. The Balaban J connectivity index is 0.000000496. The van der Waals surface area contributed by atoms with Gasteiger partial charge in [-0.3, -0.25) is 4.55 Å². The monoisotopic (exact) mass is 371 g/mol. The molecule has 1 aromatic carbocycles. The zero-order chi connectivity index (χ0) is 19.0. The second-order valence-corrected chi connectivity index (χ2v) is 8.02.